The number of aromatic nitrogens is 2. The van der Waals surface area contributed by atoms with Crippen molar-refractivity contribution in [3.63, 3.8) is 0 Å². The predicted molar refractivity (Wildman–Crippen MR) is 130 cm³/mol. The quantitative estimate of drug-likeness (QED) is 0.353. The first kappa shape index (κ1) is 23.2. The second-order valence-corrected chi connectivity index (χ2v) is 9.01. The average Bonchev–Trinajstić information content (AvgIpc) is 3.23. The molecule has 7 nitrogen and oxygen atoms in total. The SMILES string of the molecule is CC.CCC1C(=O)OCc2c1cc1n(c2=O)Cc2c-1nc1cc(F)c(C)c3c1c2C(NC=O)CC3. The normalized spacial score (nSPS) is 19.2. The maximum absolute atomic E-state index is 14.8. The number of fused-ring (bicyclic) bond motifs is 5. The molecule has 4 heterocycles. The summed E-state index contributed by atoms with van der Waals surface area (Å²) >= 11 is 0. The molecular weight excluding hydrogens is 449 g/mol. The Balaban J connectivity index is 0.00000124. The largest absolute Gasteiger partial charge is 0.460 e. The van der Waals surface area contributed by atoms with Crippen LogP contribution in [0.25, 0.3) is 22.3 Å². The third-order valence-electron chi connectivity index (χ3n) is 7.47. The molecule has 1 aromatic carbocycles. The van der Waals surface area contributed by atoms with Crippen molar-refractivity contribution in [2.45, 2.75) is 72.1 Å². The van der Waals surface area contributed by atoms with E-state index in [1.165, 1.54) is 6.07 Å². The number of amides is 1. The number of benzene rings is 1. The fourth-order valence-electron chi connectivity index (χ4n) is 5.83. The summed E-state index contributed by atoms with van der Waals surface area (Å²) < 4.78 is 21.7. The van der Waals surface area contributed by atoms with E-state index < -0.39 is 5.92 Å². The van der Waals surface area contributed by atoms with E-state index in [4.69, 9.17) is 9.72 Å². The van der Waals surface area contributed by atoms with Gasteiger partial charge in [0.2, 0.25) is 6.41 Å². The van der Waals surface area contributed by atoms with Gasteiger partial charge in [0.15, 0.2) is 0 Å². The van der Waals surface area contributed by atoms with Crippen LogP contribution in [-0.2, 0) is 33.9 Å². The number of aryl methyl sites for hydroxylation is 1. The van der Waals surface area contributed by atoms with Gasteiger partial charge in [0.25, 0.3) is 5.56 Å². The molecule has 35 heavy (non-hydrogen) atoms. The fraction of sp³-hybridized carbons (Fsp3) is 0.407. The molecule has 0 fully saturated rings. The summed E-state index contributed by atoms with van der Waals surface area (Å²) in [5.41, 5.74) is 6.03. The van der Waals surface area contributed by atoms with Crippen LogP contribution in [-0.4, -0.2) is 21.9 Å². The van der Waals surface area contributed by atoms with Crippen LogP contribution in [0.5, 0.6) is 0 Å². The first-order valence-corrected chi connectivity index (χ1v) is 12.2. The maximum Gasteiger partial charge on any atom is 0.313 e. The number of nitrogens with one attached hydrogen (secondary N) is 1. The number of carbonyl (C=O) groups is 2. The fourth-order valence-corrected chi connectivity index (χ4v) is 5.83. The lowest BCUT2D eigenvalue weighted by Crippen LogP contribution is -2.32. The highest BCUT2D eigenvalue weighted by Gasteiger charge is 2.37. The number of hydrogen-bond acceptors (Lipinski definition) is 5. The monoisotopic (exact) mass is 477 g/mol. The number of nitrogens with zero attached hydrogens (tertiary/aromatic N) is 2. The Bertz CT molecular complexity index is 1460. The Hall–Kier alpha value is -3.55. The second kappa shape index (κ2) is 8.59. The summed E-state index contributed by atoms with van der Waals surface area (Å²) in [7, 11) is 0. The van der Waals surface area contributed by atoms with Crippen molar-refractivity contribution in [2.75, 3.05) is 0 Å². The Labute approximate surface area is 202 Å². The zero-order valence-corrected chi connectivity index (χ0v) is 20.3. The van der Waals surface area contributed by atoms with Crippen molar-refractivity contribution in [2.24, 2.45) is 0 Å². The lowest BCUT2D eigenvalue weighted by atomic mass is 9.82. The van der Waals surface area contributed by atoms with E-state index in [1.807, 2.05) is 26.8 Å². The van der Waals surface area contributed by atoms with Crippen molar-refractivity contribution >= 4 is 23.3 Å². The molecule has 0 saturated carbocycles. The zero-order chi connectivity index (χ0) is 25.0. The molecule has 0 bridgehead atoms. The Kier molecular flexibility index (Phi) is 5.69. The molecule has 1 aliphatic carbocycles. The number of cyclic esters (lactones) is 1. The van der Waals surface area contributed by atoms with Crippen LogP contribution in [0.15, 0.2) is 16.9 Å². The highest BCUT2D eigenvalue weighted by atomic mass is 19.1. The van der Waals surface area contributed by atoms with E-state index >= 15 is 0 Å². The summed E-state index contributed by atoms with van der Waals surface area (Å²) in [5, 5.41) is 3.78. The molecule has 182 valence electrons. The molecule has 2 aromatic heterocycles. The van der Waals surface area contributed by atoms with Crippen LogP contribution >= 0.6 is 0 Å². The molecule has 3 aliphatic rings. The third-order valence-corrected chi connectivity index (χ3v) is 7.47. The van der Waals surface area contributed by atoms with Gasteiger partial charge in [-0.25, -0.2) is 9.37 Å². The van der Waals surface area contributed by atoms with E-state index in [1.54, 1.807) is 11.5 Å². The van der Waals surface area contributed by atoms with Crippen LogP contribution in [0, 0.1) is 12.7 Å². The van der Waals surface area contributed by atoms with E-state index in [0.29, 0.717) is 65.8 Å². The van der Waals surface area contributed by atoms with Gasteiger partial charge < -0.3 is 14.6 Å². The zero-order valence-electron chi connectivity index (χ0n) is 20.3. The van der Waals surface area contributed by atoms with Gasteiger partial charge in [-0.05, 0) is 54.5 Å². The molecule has 0 radical (unpaired) electrons. The molecule has 2 atom stereocenters. The van der Waals surface area contributed by atoms with Crippen LogP contribution in [0.4, 0.5) is 4.39 Å². The molecule has 8 heteroatoms. The van der Waals surface area contributed by atoms with E-state index in [9.17, 15) is 18.8 Å². The van der Waals surface area contributed by atoms with Gasteiger partial charge in [-0.1, -0.05) is 20.8 Å². The van der Waals surface area contributed by atoms with Gasteiger partial charge in [-0.15, -0.1) is 0 Å². The molecule has 0 saturated heterocycles. The maximum atomic E-state index is 14.8. The minimum Gasteiger partial charge on any atom is -0.460 e. The smallest absolute Gasteiger partial charge is 0.313 e. The van der Waals surface area contributed by atoms with Crippen LogP contribution in [0.2, 0.25) is 0 Å². The molecular formula is C27H28FN3O4. The van der Waals surface area contributed by atoms with Crippen LogP contribution in [0.1, 0.15) is 79.0 Å². The Morgan fingerprint density at radius 3 is 2.71 bits per heavy atom. The van der Waals surface area contributed by atoms with Gasteiger partial charge in [-0.2, -0.15) is 0 Å². The Morgan fingerprint density at radius 2 is 2.00 bits per heavy atom. The molecule has 2 unspecified atom stereocenters. The lowest BCUT2D eigenvalue weighted by Gasteiger charge is -2.28. The number of esters is 1. The number of rotatable bonds is 3. The van der Waals surface area contributed by atoms with Gasteiger partial charge in [0.05, 0.1) is 41.0 Å². The highest BCUT2D eigenvalue weighted by molar-refractivity contribution is 5.93. The summed E-state index contributed by atoms with van der Waals surface area (Å²) in [6, 6.07) is 3.07. The first-order chi connectivity index (χ1) is 16.9. The molecule has 1 N–H and O–H groups in total. The number of hydrogen-bond donors (Lipinski definition) is 1. The van der Waals surface area contributed by atoms with Crippen LogP contribution < -0.4 is 10.9 Å². The summed E-state index contributed by atoms with van der Waals surface area (Å²) in [5.74, 6) is -1.13. The number of pyridine rings is 2. The molecule has 2 aliphatic heterocycles. The van der Waals surface area contributed by atoms with Crippen molar-refractivity contribution in [3.8, 4) is 11.4 Å². The van der Waals surface area contributed by atoms with Crippen molar-refractivity contribution in [3.05, 3.63) is 61.7 Å². The number of ether oxygens (including phenoxy) is 1. The van der Waals surface area contributed by atoms with Gasteiger partial charge in [-0.3, -0.25) is 14.4 Å². The Morgan fingerprint density at radius 1 is 1.23 bits per heavy atom. The number of carbonyl (C=O) groups excluding carboxylic acids is 2. The van der Waals surface area contributed by atoms with Crippen molar-refractivity contribution in [1.82, 2.24) is 14.9 Å². The molecule has 1 amide bonds. The molecule has 3 aromatic rings. The van der Waals surface area contributed by atoms with E-state index in [-0.39, 0.29) is 30.0 Å². The molecule has 0 spiro atoms. The standard InChI is InChI=1S/C25H22FN3O4.C2H6/c1-3-12-14-6-20-23-15(8-29(20)24(31)16(14)9-33-25(12)32)22-18(27-10-30)5-4-13-11(2)17(26)7-19(28-23)21(13)22;1-2/h6-7,10,12,18H,3-5,8-9H2,1-2H3,(H,27,30);1-2H3. The second-order valence-electron chi connectivity index (χ2n) is 9.01. The first-order valence-electron chi connectivity index (χ1n) is 12.2. The number of halogens is 1. The average molecular weight is 478 g/mol. The molecule has 6 rings (SSSR count). The third kappa shape index (κ3) is 3.22. The minimum atomic E-state index is -0.494. The predicted octanol–water partition coefficient (Wildman–Crippen LogP) is 4.18. The minimum absolute atomic E-state index is 0.0355. The van der Waals surface area contributed by atoms with Gasteiger partial charge in [0.1, 0.15) is 12.4 Å². The van der Waals surface area contributed by atoms with Crippen molar-refractivity contribution < 1.29 is 18.7 Å². The van der Waals surface area contributed by atoms with Crippen molar-refractivity contribution in [1.29, 1.82) is 0 Å². The van der Waals surface area contributed by atoms with Gasteiger partial charge in [0, 0.05) is 17.0 Å². The van der Waals surface area contributed by atoms with Gasteiger partial charge >= 0.3 is 5.97 Å². The lowest BCUT2D eigenvalue weighted by molar-refractivity contribution is -0.148. The summed E-state index contributed by atoms with van der Waals surface area (Å²) in [6.07, 6.45) is 2.49. The van der Waals surface area contributed by atoms with E-state index in [0.717, 1.165) is 22.1 Å². The van der Waals surface area contributed by atoms with Crippen LogP contribution in [0.3, 0.4) is 0 Å². The van der Waals surface area contributed by atoms with E-state index in [2.05, 4.69) is 5.32 Å². The summed E-state index contributed by atoms with van der Waals surface area (Å²) in [4.78, 5) is 42.0. The highest BCUT2D eigenvalue weighted by Crippen LogP contribution is 2.45. The summed E-state index contributed by atoms with van der Waals surface area (Å²) in [6.45, 7) is 7.93. The topological polar surface area (TPSA) is 90.3 Å².